The van der Waals surface area contributed by atoms with Gasteiger partial charge in [0.1, 0.15) is 5.75 Å². The number of sulfonamides is 1. The fraction of sp³-hybridized carbons (Fsp3) is 0.179. The average molecular weight is 489 g/mol. The predicted molar refractivity (Wildman–Crippen MR) is 140 cm³/mol. The van der Waals surface area contributed by atoms with Crippen LogP contribution in [0.15, 0.2) is 89.8 Å². The van der Waals surface area contributed by atoms with E-state index in [0.29, 0.717) is 23.5 Å². The third-order valence-electron chi connectivity index (χ3n) is 5.73. The van der Waals surface area contributed by atoms with E-state index in [9.17, 15) is 13.2 Å². The van der Waals surface area contributed by atoms with E-state index in [4.69, 9.17) is 4.74 Å². The molecule has 0 unspecified atom stereocenters. The molecule has 1 amide bonds. The van der Waals surface area contributed by atoms with Gasteiger partial charge >= 0.3 is 0 Å². The number of rotatable bonds is 8. The van der Waals surface area contributed by atoms with Crippen molar-refractivity contribution in [2.75, 3.05) is 10.0 Å². The van der Waals surface area contributed by atoms with E-state index in [0.717, 1.165) is 21.9 Å². The van der Waals surface area contributed by atoms with Crippen molar-refractivity contribution in [3.05, 3.63) is 96.1 Å². The summed E-state index contributed by atoms with van der Waals surface area (Å²) in [5, 5.41) is 4.95. The van der Waals surface area contributed by atoms with E-state index >= 15 is 0 Å². The maximum atomic E-state index is 12.8. The number of nitrogens with one attached hydrogen (secondary N) is 2. The molecule has 0 radical (unpaired) electrons. The number of amides is 1. The van der Waals surface area contributed by atoms with Gasteiger partial charge in [-0.2, -0.15) is 0 Å². The van der Waals surface area contributed by atoms with Gasteiger partial charge in [0, 0.05) is 5.69 Å². The zero-order valence-electron chi connectivity index (χ0n) is 19.9. The number of ether oxygens (including phenoxy) is 1. The monoisotopic (exact) mass is 488 g/mol. The lowest BCUT2D eigenvalue weighted by molar-refractivity contribution is -0.122. The van der Waals surface area contributed by atoms with Crippen molar-refractivity contribution in [1.29, 1.82) is 0 Å². The first-order chi connectivity index (χ1) is 16.7. The van der Waals surface area contributed by atoms with Gasteiger partial charge in [0.25, 0.3) is 15.9 Å². The Morgan fingerprint density at radius 2 is 1.60 bits per heavy atom. The van der Waals surface area contributed by atoms with Crippen LogP contribution in [0.25, 0.3) is 10.8 Å². The minimum atomic E-state index is -3.76. The molecule has 0 saturated heterocycles. The molecule has 0 fully saturated rings. The van der Waals surface area contributed by atoms with Crippen molar-refractivity contribution in [1.82, 2.24) is 0 Å². The molecule has 6 nitrogen and oxygen atoms in total. The van der Waals surface area contributed by atoms with Gasteiger partial charge in [0.15, 0.2) is 6.10 Å². The highest BCUT2D eigenvalue weighted by Crippen LogP contribution is 2.24. The van der Waals surface area contributed by atoms with E-state index in [1.54, 1.807) is 18.2 Å². The zero-order valence-corrected chi connectivity index (χ0v) is 20.7. The molecule has 2 N–H and O–H groups in total. The van der Waals surface area contributed by atoms with Crippen molar-refractivity contribution in [2.45, 2.75) is 38.2 Å². The largest absolute Gasteiger partial charge is 0.481 e. The predicted octanol–water partition coefficient (Wildman–Crippen LogP) is 6.05. The molecule has 35 heavy (non-hydrogen) atoms. The first kappa shape index (κ1) is 24.3. The standard InChI is InChI=1S/C28H28N2O4S/c1-4-27(34-24-14-11-21-7-5-6-8-22(21)18-24)28(31)29-23-12-15-25(16-13-23)35(32,33)30-26-17-19(2)9-10-20(26)3/h5-18,27,30H,4H2,1-3H3,(H,29,31)/t27-/m1/s1. The summed E-state index contributed by atoms with van der Waals surface area (Å²) in [7, 11) is -3.76. The number of aryl methyl sites for hydroxylation is 2. The molecule has 4 aromatic carbocycles. The lowest BCUT2D eigenvalue weighted by Gasteiger charge is -2.18. The Kier molecular flexibility index (Phi) is 7.07. The van der Waals surface area contributed by atoms with Gasteiger partial charge in [-0.1, -0.05) is 49.4 Å². The smallest absolute Gasteiger partial charge is 0.265 e. The van der Waals surface area contributed by atoms with Gasteiger partial charge in [-0.25, -0.2) is 8.42 Å². The van der Waals surface area contributed by atoms with Crippen LogP contribution in [0.5, 0.6) is 5.75 Å². The quantitative estimate of drug-likeness (QED) is 0.316. The second-order valence-corrected chi connectivity index (χ2v) is 10.1. The van der Waals surface area contributed by atoms with Crippen LogP contribution >= 0.6 is 0 Å². The van der Waals surface area contributed by atoms with Gasteiger partial charge in [-0.3, -0.25) is 9.52 Å². The molecule has 180 valence electrons. The van der Waals surface area contributed by atoms with E-state index in [1.165, 1.54) is 12.1 Å². The van der Waals surface area contributed by atoms with Crippen LogP contribution in [0.2, 0.25) is 0 Å². The molecule has 0 bridgehead atoms. The van der Waals surface area contributed by atoms with Gasteiger partial charge in [-0.05, 0) is 84.6 Å². The lowest BCUT2D eigenvalue weighted by Crippen LogP contribution is -2.32. The molecule has 0 aromatic heterocycles. The summed E-state index contributed by atoms with van der Waals surface area (Å²) in [6.07, 6.45) is -0.212. The van der Waals surface area contributed by atoms with Crippen LogP contribution in [0.1, 0.15) is 24.5 Å². The Balaban J connectivity index is 1.43. The number of hydrogen-bond donors (Lipinski definition) is 2. The highest BCUT2D eigenvalue weighted by molar-refractivity contribution is 7.92. The topological polar surface area (TPSA) is 84.5 Å². The summed E-state index contributed by atoms with van der Waals surface area (Å²) >= 11 is 0. The molecule has 0 aliphatic carbocycles. The number of carbonyl (C=O) groups is 1. The van der Waals surface area contributed by atoms with Crippen LogP contribution in [0.4, 0.5) is 11.4 Å². The molecule has 0 spiro atoms. The molecule has 7 heteroatoms. The van der Waals surface area contributed by atoms with Crippen LogP contribution in [-0.2, 0) is 14.8 Å². The van der Waals surface area contributed by atoms with Crippen molar-refractivity contribution in [3.8, 4) is 5.75 Å². The molecular weight excluding hydrogens is 460 g/mol. The minimum absolute atomic E-state index is 0.107. The maximum absolute atomic E-state index is 12.8. The van der Waals surface area contributed by atoms with Crippen LogP contribution < -0.4 is 14.8 Å². The van der Waals surface area contributed by atoms with Crippen LogP contribution in [0.3, 0.4) is 0 Å². The highest BCUT2D eigenvalue weighted by Gasteiger charge is 2.20. The second kappa shape index (κ2) is 10.2. The Morgan fingerprint density at radius 1 is 0.886 bits per heavy atom. The summed E-state index contributed by atoms with van der Waals surface area (Å²) in [6.45, 7) is 5.63. The van der Waals surface area contributed by atoms with E-state index in [1.807, 2.05) is 75.4 Å². The third kappa shape index (κ3) is 5.81. The SMILES string of the molecule is CC[C@@H](Oc1ccc2ccccc2c1)C(=O)Nc1ccc(S(=O)(=O)Nc2cc(C)ccc2C)cc1. The summed E-state index contributed by atoms with van der Waals surface area (Å²) in [4.78, 5) is 12.9. The zero-order chi connectivity index (χ0) is 25.0. The van der Waals surface area contributed by atoms with Gasteiger partial charge in [0.05, 0.1) is 10.6 Å². The van der Waals surface area contributed by atoms with E-state index in [2.05, 4.69) is 10.0 Å². The highest BCUT2D eigenvalue weighted by atomic mass is 32.2. The van der Waals surface area contributed by atoms with Gasteiger partial charge < -0.3 is 10.1 Å². The molecule has 0 aliphatic rings. The first-order valence-electron chi connectivity index (χ1n) is 11.4. The van der Waals surface area contributed by atoms with Crippen LogP contribution in [0, 0.1) is 13.8 Å². The third-order valence-corrected chi connectivity index (χ3v) is 7.11. The van der Waals surface area contributed by atoms with E-state index in [-0.39, 0.29) is 10.8 Å². The molecule has 0 heterocycles. The summed E-state index contributed by atoms with van der Waals surface area (Å²) < 4.78 is 34.3. The maximum Gasteiger partial charge on any atom is 0.265 e. The fourth-order valence-corrected chi connectivity index (χ4v) is 4.84. The van der Waals surface area contributed by atoms with Gasteiger partial charge in [-0.15, -0.1) is 0 Å². The van der Waals surface area contributed by atoms with E-state index < -0.39 is 16.1 Å². The normalized spacial score (nSPS) is 12.2. The molecule has 0 aliphatic heterocycles. The Labute approximate surface area is 206 Å². The summed E-state index contributed by atoms with van der Waals surface area (Å²) in [5.74, 6) is 0.314. The lowest BCUT2D eigenvalue weighted by atomic mass is 10.1. The number of hydrogen-bond acceptors (Lipinski definition) is 4. The fourth-order valence-electron chi connectivity index (χ4n) is 3.72. The Morgan fingerprint density at radius 3 is 2.31 bits per heavy atom. The molecule has 0 saturated carbocycles. The molecule has 4 rings (SSSR count). The first-order valence-corrected chi connectivity index (χ1v) is 12.9. The number of fused-ring (bicyclic) bond motifs is 1. The molecular formula is C28H28N2O4S. The van der Waals surface area contributed by atoms with Crippen molar-refractivity contribution >= 4 is 38.1 Å². The Bertz CT molecular complexity index is 1460. The average Bonchev–Trinajstić information content (AvgIpc) is 2.84. The number of benzene rings is 4. The van der Waals surface area contributed by atoms with Crippen molar-refractivity contribution in [2.24, 2.45) is 0 Å². The number of anilines is 2. The van der Waals surface area contributed by atoms with Gasteiger partial charge in [0.2, 0.25) is 0 Å². The summed E-state index contributed by atoms with van der Waals surface area (Å²) in [6, 6.07) is 25.3. The summed E-state index contributed by atoms with van der Waals surface area (Å²) in [5.41, 5.74) is 2.82. The van der Waals surface area contributed by atoms with Crippen LogP contribution in [-0.4, -0.2) is 20.4 Å². The minimum Gasteiger partial charge on any atom is -0.481 e. The molecule has 1 atom stereocenters. The number of carbonyl (C=O) groups excluding carboxylic acids is 1. The Hall–Kier alpha value is -3.84. The molecule has 4 aromatic rings. The van der Waals surface area contributed by atoms with Crippen molar-refractivity contribution in [3.63, 3.8) is 0 Å². The van der Waals surface area contributed by atoms with Crippen molar-refractivity contribution < 1.29 is 17.9 Å². The second-order valence-electron chi connectivity index (χ2n) is 8.46.